The molecule has 28 heavy (non-hydrogen) atoms. The molecule has 1 aromatic heterocycles. The first-order chi connectivity index (χ1) is 13.6. The van der Waals surface area contributed by atoms with Crippen molar-refractivity contribution < 1.29 is 9.90 Å². The predicted molar refractivity (Wildman–Crippen MR) is 110 cm³/mol. The molecule has 1 heterocycles. The standard InChI is InChI=1S/C20H21N5O2S/c1-3-25-19(15-9-5-4-6-10-15)23-24-20(25)28-13-18(27)22-21-14(2)16-11-7-8-12-17(16)26/h4-12,26H,3,13H2,1-2H3,(H,22,27)/b21-14-. The van der Waals surface area contributed by atoms with E-state index in [1.807, 2.05) is 41.8 Å². The summed E-state index contributed by atoms with van der Waals surface area (Å²) in [5.74, 6) is 0.799. The van der Waals surface area contributed by atoms with E-state index in [0.29, 0.717) is 23.0 Å². The van der Waals surface area contributed by atoms with E-state index in [4.69, 9.17) is 0 Å². The van der Waals surface area contributed by atoms with Crippen molar-refractivity contribution in [3.63, 3.8) is 0 Å². The van der Waals surface area contributed by atoms with Gasteiger partial charge in [0.05, 0.1) is 11.5 Å². The lowest BCUT2D eigenvalue weighted by molar-refractivity contribution is -0.118. The van der Waals surface area contributed by atoms with Gasteiger partial charge < -0.3 is 9.67 Å². The molecule has 0 aliphatic heterocycles. The minimum absolute atomic E-state index is 0.122. The highest BCUT2D eigenvalue weighted by Gasteiger charge is 2.14. The van der Waals surface area contributed by atoms with Crippen molar-refractivity contribution >= 4 is 23.4 Å². The minimum atomic E-state index is -0.258. The summed E-state index contributed by atoms with van der Waals surface area (Å²) < 4.78 is 1.98. The fourth-order valence-corrected chi connectivity index (χ4v) is 3.42. The van der Waals surface area contributed by atoms with Gasteiger partial charge in [-0.1, -0.05) is 54.2 Å². The molecule has 0 spiro atoms. The second kappa shape index (κ2) is 9.18. The number of nitrogens with one attached hydrogen (secondary N) is 1. The number of hydrogen-bond acceptors (Lipinski definition) is 6. The average Bonchev–Trinajstić information content (AvgIpc) is 3.14. The van der Waals surface area contributed by atoms with Gasteiger partial charge in [0.25, 0.3) is 5.91 Å². The number of benzene rings is 2. The zero-order valence-corrected chi connectivity index (χ0v) is 16.5. The minimum Gasteiger partial charge on any atom is -0.507 e. The first-order valence-corrected chi connectivity index (χ1v) is 9.81. The molecule has 3 rings (SSSR count). The van der Waals surface area contributed by atoms with Gasteiger partial charge in [0.1, 0.15) is 5.75 Å². The number of para-hydroxylation sites is 1. The summed E-state index contributed by atoms with van der Waals surface area (Å²) in [6, 6.07) is 16.7. The summed E-state index contributed by atoms with van der Waals surface area (Å²) in [5, 5.41) is 23.1. The second-order valence-electron chi connectivity index (χ2n) is 5.95. The van der Waals surface area contributed by atoms with E-state index < -0.39 is 0 Å². The summed E-state index contributed by atoms with van der Waals surface area (Å²) >= 11 is 1.30. The number of aromatic nitrogens is 3. The molecule has 144 valence electrons. The van der Waals surface area contributed by atoms with Gasteiger partial charge in [-0.05, 0) is 26.0 Å². The molecule has 0 aliphatic carbocycles. The van der Waals surface area contributed by atoms with Crippen LogP contribution in [-0.4, -0.2) is 37.2 Å². The highest BCUT2D eigenvalue weighted by molar-refractivity contribution is 7.99. The van der Waals surface area contributed by atoms with Crippen LogP contribution in [0.5, 0.6) is 5.75 Å². The SMILES string of the molecule is CCn1c(SCC(=O)N/N=C(/C)c2ccccc2O)nnc1-c1ccccc1. The van der Waals surface area contributed by atoms with Gasteiger partial charge in [0.2, 0.25) is 0 Å². The van der Waals surface area contributed by atoms with Gasteiger partial charge in [0.15, 0.2) is 11.0 Å². The lowest BCUT2D eigenvalue weighted by atomic mass is 10.1. The Morgan fingerprint density at radius 1 is 1.14 bits per heavy atom. The maximum absolute atomic E-state index is 12.2. The molecule has 0 fully saturated rings. The first kappa shape index (κ1) is 19.6. The molecule has 7 nitrogen and oxygen atoms in total. The van der Waals surface area contributed by atoms with Crippen LogP contribution in [0.3, 0.4) is 0 Å². The Balaban J connectivity index is 1.63. The van der Waals surface area contributed by atoms with Crippen molar-refractivity contribution in [1.82, 2.24) is 20.2 Å². The lowest BCUT2D eigenvalue weighted by Gasteiger charge is -2.07. The Labute approximate surface area is 167 Å². The zero-order chi connectivity index (χ0) is 19.9. The Bertz CT molecular complexity index is 985. The Hall–Kier alpha value is -3.13. The number of hydrogen-bond donors (Lipinski definition) is 2. The molecule has 0 saturated heterocycles. The molecular formula is C20H21N5O2S. The highest BCUT2D eigenvalue weighted by Crippen LogP contribution is 2.23. The summed E-state index contributed by atoms with van der Waals surface area (Å²) in [7, 11) is 0. The van der Waals surface area contributed by atoms with Crippen molar-refractivity contribution in [3.8, 4) is 17.1 Å². The summed E-state index contributed by atoms with van der Waals surface area (Å²) in [5.41, 5.74) is 4.60. The van der Waals surface area contributed by atoms with E-state index >= 15 is 0 Å². The van der Waals surface area contributed by atoms with Gasteiger partial charge in [-0.15, -0.1) is 10.2 Å². The lowest BCUT2D eigenvalue weighted by Crippen LogP contribution is -2.21. The number of phenolic OH excluding ortho intramolecular Hbond substituents is 1. The zero-order valence-electron chi connectivity index (χ0n) is 15.7. The van der Waals surface area contributed by atoms with Crippen LogP contribution in [0, 0.1) is 0 Å². The second-order valence-corrected chi connectivity index (χ2v) is 6.90. The summed E-state index contributed by atoms with van der Waals surface area (Å²) in [6.07, 6.45) is 0. The fraction of sp³-hybridized carbons (Fsp3) is 0.200. The quantitative estimate of drug-likeness (QED) is 0.364. The fourth-order valence-electron chi connectivity index (χ4n) is 2.63. The normalized spacial score (nSPS) is 11.4. The third-order valence-electron chi connectivity index (χ3n) is 4.04. The molecule has 2 aromatic carbocycles. The van der Waals surface area contributed by atoms with Crippen LogP contribution in [0.25, 0.3) is 11.4 Å². The number of amides is 1. The summed E-state index contributed by atoms with van der Waals surface area (Å²) in [4.78, 5) is 12.2. The van der Waals surface area contributed by atoms with E-state index in [1.165, 1.54) is 11.8 Å². The number of aromatic hydroxyl groups is 1. The van der Waals surface area contributed by atoms with E-state index in [0.717, 1.165) is 11.4 Å². The van der Waals surface area contributed by atoms with Gasteiger partial charge in [0, 0.05) is 17.7 Å². The van der Waals surface area contributed by atoms with Crippen LogP contribution in [0.15, 0.2) is 64.9 Å². The Morgan fingerprint density at radius 3 is 2.57 bits per heavy atom. The number of hydrazone groups is 1. The Kier molecular flexibility index (Phi) is 6.44. The van der Waals surface area contributed by atoms with Crippen molar-refractivity contribution in [2.24, 2.45) is 5.10 Å². The first-order valence-electron chi connectivity index (χ1n) is 8.83. The molecule has 0 bridgehead atoms. The van der Waals surface area contributed by atoms with E-state index in [-0.39, 0.29) is 17.4 Å². The third-order valence-corrected chi connectivity index (χ3v) is 5.01. The number of carbonyl (C=O) groups is 1. The van der Waals surface area contributed by atoms with Crippen molar-refractivity contribution in [2.75, 3.05) is 5.75 Å². The monoisotopic (exact) mass is 395 g/mol. The number of thioether (sulfide) groups is 1. The molecule has 2 N–H and O–H groups in total. The van der Waals surface area contributed by atoms with Crippen LogP contribution in [0.2, 0.25) is 0 Å². The Morgan fingerprint density at radius 2 is 1.86 bits per heavy atom. The molecule has 0 saturated carbocycles. The van der Waals surface area contributed by atoms with Crippen LogP contribution in [0.1, 0.15) is 19.4 Å². The number of phenols is 1. The predicted octanol–water partition coefficient (Wildman–Crippen LogP) is 3.30. The van der Waals surface area contributed by atoms with E-state index in [1.54, 1.807) is 31.2 Å². The molecular weight excluding hydrogens is 374 g/mol. The van der Waals surface area contributed by atoms with Crippen LogP contribution >= 0.6 is 11.8 Å². The molecule has 0 radical (unpaired) electrons. The maximum Gasteiger partial charge on any atom is 0.250 e. The topological polar surface area (TPSA) is 92.4 Å². The van der Waals surface area contributed by atoms with E-state index in [9.17, 15) is 9.90 Å². The molecule has 0 atom stereocenters. The van der Waals surface area contributed by atoms with Crippen LogP contribution < -0.4 is 5.43 Å². The summed E-state index contributed by atoms with van der Waals surface area (Å²) in [6.45, 7) is 4.44. The largest absolute Gasteiger partial charge is 0.507 e. The van der Waals surface area contributed by atoms with Crippen molar-refractivity contribution in [1.29, 1.82) is 0 Å². The van der Waals surface area contributed by atoms with Crippen LogP contribution in [-0.2, 0) is 11.3 Å². The van der Waals surface area contributed by atoms with Gasteiger partial charge in [-0.3, -0.25) is 4.79 Å². The van der Waals surface area contributed by atoms with Gasteiger partial charge in [-0.25, -0.2) is 5.43 Å². The average molecular weight is 395 g/mol. The smallest absolute Gasteiger partial charge is 0.250 e. The molecule has 3 aromatic rings. The maximum atomic E-state index is 12.2. The number of rotatable bonds is 7. The molecule has 1 amide bonds. The van der Waals surface area contributed by atoms with Crippen LogP contribution in [0.4, 0.5) is 0 Å². The van der Waals surface area contributed by atoms with E-state index in [2.05, 4.69) is 20.7 Å². The number of nitrogens with zero attached hydrogens (tertiary/aromatic N) is 4. The van der Waals surface area contributed by atoms with Crippen molar-refractivity contribution in [2.45, 2.75) is 25.5 Å². The number of carbonyl (C=O) groups excluding carboxylic acids is 1. The highest BCUT2D eigenvalue weighted by atomic mass is 32.2. The molecule has 0 aliphatic rings. The third kappa shape index (κ3) is 4.58. The van der Waals surface area contributed by atoms with Crippen molar-refractivity contribution in [3.05, 3.63) is 60.2 Å². The molecule has 0 unspecified atom stereocenters. The van der Waals surface area contributed by atoms with Gasteiger partial charge >= 0.3 is 0 Å². The molecule has 8 heteroatoms. The van der Waals surface area contributed by atoms with Gasteiger partial charge in [-0.2, -0.15) is 5.10 Å².